The van der Waals surface area contributed by atoms with Crippen LogP contribution in [0.3, 0.4) is 0 Å². The van der Waals surface area contributed by atoms with Gasteiger partial charge in [0.1, 0.15) is 6.07 Å². The molecular weight excluding hydrogens is 288 g/mol. The minimum absolute atomic E-state index is 0.523. The predicted molar refractivity (Wildman–Crippen MR) is 82.6 cm³/mol. The summed E-state index contributed by atoms with van der Waals surface area (Å²) in [5.41, 5.74) is 3.23. The van der Waals surface area contributed by atoms with Crippen LogP contribution in [0.1, 0.15) is 23.7 Å². The number of nitrogens with zero attached hydrogens (tertiary/aromatic N) is 3. The minimum atomic E-state index is 0.523. The molecule has 0 amide bonds. The molecule has 0 unspecified atom stereocenters. The summed E-state index contributed by atoms with van der Waals surface area (Å²) < 4.78 is 7.12. The highest BCUT2D eigenvalue weighted by Gasteiger charge is 2.15. The molecular formula is C15H17ClN4O. The van der Waals surface area contributed by atoms with Gasteiger partial charge in [-0.05, 0) is 24.6 Å². The van der Waals surface area contributed by atoms with Crippen LogP contribution in [0.25, 0.3) is 0 Å². The topological polar surface area (TPSA) is 62.9 Å². The quantitative estimate of drug-likeness (QED) is 0.922. The number of nitriles is 1. The lowest BCUT2D eigenvalue weighted by Crippen LogP contribution is -2.04. The van der Waals surface area contributed by atoms with Gasteiger partial charge in [-0.3, -0.25) is 0 Å². The number of halogens is 1. The van der Waals surface area contributed by atoms with Crippen molar-refractivity contribution in [1.29, 1.82) is 5.26 Å². The number of aromatic nitrogens is 2. The predicted octanol–water partition coefficient (Wildman–Crippen LogP) is 3.13. The molecule has 0 aliphatic carbocycles. The number of hydrogen-bond donors (Lipinski definition) is 1. The zero-order valence-electron chi connectivity index (χ0n) is 12.3. The summed E-state index contributed by atoms with van der Waals surface area (Å²) in [5, 5.41) is 17.4. The van der Waals surface area contributed by atoms with Gasteiger partial charge in [-0.25, -0.2) is 4.68 Å². The first kappa shape index (κ1) is 15.2. The number of aryl methyl sites for hydroxylation is 2. The second-order valence-electron chi connectivity index (χ2n) is 4.57. The van der Waals surface area contributed by atoms with E-state index in [1.54, 1.807) is 30.0 Å². The van der Waals surface area contributed by atoms with Crippen LogP contribution in [-0.4, -0.2) is 16.9 Å². The van der Waals surface area contributed by atoms with Crippen molar-refractivity contribution >= 4 is 17.3 Å². The molecule has 0 aliphatic heterocycles. The second kappa shape index (κ2) is 6.51. The Morgan fingerprint density at radius 3 is 2.86 bits per heavy atom. The summed E-state index contributed by atoms with van der Waals surface area (Å²) in [6.07, 6.45) is 0.814. The van der Waals surface area contributed by atoms with Crippen LogP contribution in [0.4, 0.5) is 5.69 Å². The average Bonchev–Trinajstić information content (AvgIpc) is 2.80. The third kappa shape index (κ3) is 3.11. The maximum Gasteiger partial charge on any atom is 0.216 e. The molecule has 6 heteroatoms. The van der Waals surface area contributed by atoms with Gasteiger partial charge in [-0.2, -0.15) is 10.4 Å². The molecule has 110 valence electrons. The Labute approximate surface area is 129 Å². The van der Waals surface area contributed by atoms with Crippen LogP contribution in [0, 0.1) is 11.3 Å². The minimum Gasteiger partial charge on any atom is -0.481 e. The fourth-order valence-corrected chi connectivity index (χ4v) is 2.44. The van der Waals surface area contributed by atoms with Crippen molar-refractivity contribution in [3.63, 3.8) is 0 Å². The monoisotopic (exact) mass is 304 g/mol. The molecule has 0 spiro atoms. The lowest BCUT2D eigenvalue weighted by atomic mass is 10.1. The summed E-state index contributed by atoms with van der Waals surface area (Å²) in [4.78, 5) is 0. The molecule has 0 saturated heterocycles. The van der Waals surface area contributed by atoms with Gasteiger partial charge in [-0.15, -0.1) is 0 Å². The Hall–Kier alpha value is -2.19. The number of methoxy groups -OCH3 is 1. The fourth-order valence-electron chi connectivity index (χ4n) is 2.27. The van der Waals surface area contributed by atoms with Gasteiger partial charge in [0.05, 0.1) is 29.6 Å². The van der Waals surface area contributed by atoms with E-state index >= 15 is 0 Å². The van der Waals surface area contributed by atoms with Crippen LogP contribution in [0.5, 0.6) is 5.88 Å². The summed E-state index contributed by atoms with van der Waals surface area (Å²) in [5.74, 6) is 0.722. The number of rotatable bonds is 5. The molecule has 1 aromatic heterocycles. The molecule has 2 rings (SSSR count). The van der Waals surface area contributed by atoms with Crippen molar-refractivity contribution in [2.75, 3.05) is 12.4 Å². The lowest BCUT2D eigenvalue weighted by Gasteiger charge is -2.10. The zero-order valence-corrected chi connectivity index (χ0v) is 13.0. The summed E-state index contributed by atoms with van der Waals surface area (Å²) in [6.45, 7) is 2.57. The van der Waals surface area contributed by atoms with Crippen LogP contribution >= 0.6 is 11.6 Å². The van der Waals surface area contributed by atoms with Gasteiger partial charge in [0.15, 0.2) is 0 Å². The van der Waals surface area contributed by atoms with E-state index in [2.05, 4.69) is 16.5 Å². The third-order valence-corrected chi connectivity index (χ3v) is 3.49. The van der Waals surface area contributed by atoms with Gasteiger partial charge >= 0.3 is 0 Å². The summed E-state index contributed by atoms with van der Waals surface area (Å²) >= 11 is 5.99. The Morgan fingerprint density at radius 1 is 1.48 bits per heavy atom. The van der Waals surface area contributed by atoms with E-state index in [9.17, 15) is 0 Å². The Morgan fingerprint density at radius 2 is 2.24 bits per heavy atom. The second-order valence-corrected chi connectivity index (χ2v) is 5.00. The van der Waals surface area contributed by atoms with E-state index in [0.717, 1.165) is 23.6 Å². The highest BCUT2D eigenvalue weighted by atomic mass is 35.5. The van der Waals surface area contributed by atoms with E-state index < -0.39 is 0 Å². The highest BCUT2D eigenvalue weighted by Crippen LogP contribution is 2.25. The molecule has 0 aliphatic rings. The Balaban J connectivity index is 2.28. The molecule has 2 aromatic rings. The van der Waals surface area contributed by atoms with Gasteiger partial charge in [-0.1, -0.05) is 18.5 Å². The van der Waals surface area contributed by atoms with Crippen molar-refractivity contribution in [1.82, 2.24) is 9.78 Å². The van der Waals surface area contributed by atoms with Crippen LogP contribution in [0.15, 0.2) is 18.2 Å². The van der Waals surface area contributed by atoms with Gasteiger partial charge < -0.3 is 10.1 Å². The van der Waals surface area contributed by atoms with Crippen molar-refractivity contribution < 1.29 is 4.74 Å². The van der Waals surface area contributed by atoms with Crippen molar-refractivity contribution in [3.8, 4) is 11.9 Å². The number of anilines is 1. The van der Waals surface area contributed by atoms with Crippen molar-refractivity contribution in [2.24, 2.45) is 7.05 Å². The van der Waals surface area contributed by atoms with Crippen LogP contribution in [-0.2, 0) is 20.0 Å². The first-order valence-electron chi connectivity index (χ1n) is 6.63. The molecule has 21 heavy (non-hydrogen) atoms. The molecule has 0 bridgehead atoms. The van der Waals surface area contributed by atoms with Crippen LogP contribution < -0.4 is 10.1 Å². The molecule has 5 nitrogen and oxygen atoms in total. The fraction of sp³-hybridized carbons (Fsp3) is 0.333. The molecule has 1 heterocycles. The van der Waals surface area contributed by atoms with Gasteiger partial charge in [0, 0.05) is 18.6 Å². The SMILES string of the molecule is CCc1nn(C)c(OC)c1CNc1cc(Cl)ccc1C#N. The maximum atomic E-state index is 9.14. The third-order valence-electron chi connectivity index (χ3n) is 3.26. The molecule has 0 radical (unpaired) electrons. The standard InChI is InChI=1S/C15H17ClN4O/c1-4-13-12(15(21-3)20(2)19-13)9-18-14-7-11(16)6-5-10(14)8-17/h5-7,18H,4,9H2,1-3H3. The van der Waals surface area contributed by atoms with Crippen molar-refractivity contribution in [3.05, 3.63) is 40.0 Å². The van der Waals surface area contributed by atoms with Gasteiger partial charge in [0.2, 0.25) is 5.88 Å². The van der Waals surface area contributed by atoms with E-state index in [4.69, 9.17) is 21.6 Å². The van der Waals surface area contributed by atoms with Crippen LogP contribution in [0.2, 0.25) is 5.02 Å². The van der Waals surface area contributed by atoms with Gasteiger partial charge in [0.25, 0.3) is 0 Å². The molecule has 0 atom stereocenters. The summed E-state index contributed by atoms with van der Waals surface area (Å²) in [6, 6.07) is 7.29. The largest absolute Gasteiger partial charge is 0.481 e. The number of benzene rings is 1. The Kier molecular flexibility index (Phi) is 4.71. The van der Waals surface area contributed by atoms with E-state index in [1.807, 2.05) is 14.0 Å². The number of ether oxygens (including phenoxy) is 1. The average molecular weight is 305 g/mol. The number of nitrogens with one attached hydrogen (secondary N) is 1. The smallest absolute Gasteiger partial charge is 0.216 e. The lowest BCUT2D eigenvalue weighted by molar-refractivity contribution is 0.370. The van der Waals surface area contributed by atoms with E-state index in [1.165, 1.54) is 0 Å². The van der Waals surface area contributed by atoms with E-state index in [0.29, 0.717) is 22.8 Å². The van der Waals surface area contributed by atoms with Crippen molar-refractivity contribution in [2.45, 2.75) is 19.9 Å². The zero-order chi connectivity index (χ0) is 15.4. The number of hydrogen-bond acceptors (Lipinski definition) is 4. The molecule has 0 fully saturated rings. The molecule has 1 N–H and O–H groups in total. The first-order valence-corrected chi connectivity index (χ1v) is 7.00. The van der Waals surface area contributed by atoms with E-state index in [-0.39, 0.29) is 0 Å². The molecule has 1 aromatic carbocycles. The molecule has 0 saturated carbocycles. The first-order chi connectivity index (χ1) is 10.1. The summed E-state index contributed by atoms with van der Waals surface area (Å²) in [7, 11) is 3.47. The maximum absolute atomic E-state index is 9.14. The Bertz CT molecular complexity index is 688. The normalized spacial score (nSPS) is 10.2. The highest BCUT2D eigenvalue weighted by molar-refractivity contribution is 6.30.